The summed E-state index contributed by atoms with van der Waals surface area (Å²) in [4.78, 5) is 4.04. The molecule has 0 radical (unpaired) electrons. The number of methoxy groups -OCH3 is 2. The first-order chi connectivity index (χ1) is 7.83. The molecule has 0 fully saturated rings. The molecule has 0 unspecified atom stereocenters. The van der Waals surface area contributed by atoms with Crippen LogP contribution in [0.25, 0.3) is 0 Å². The molecular formula is C11H11NO3S. The quantitative estimate of drug-likeness (QED) is 0.819. The highest BCUT2D eigenvalue weighted by molar-refractivity contribution is 7.07. The molecule has 1 aromatic carbocycles. The highest BCUT2D eigenvalue weighted by atomic mass is 32.1. The van der Waals surface area contributed by atoms with Crippen LogP contribution in [-0.2, 0) is 0 Å². The van der Waals surface area contributed by atoms with Gasteiger partial charge in [-0.3, -0.25) is 0 Å². The van der Waals surface area contributed by atoms with Crippen molar-refractivity contribution >= 4 is 11.3 Å². The summed E-state index contributed by atoms with van der Waals surface area (Å²) in [6, 6.07) is 5.37. The Balaban J connectivity index is 2.30. The monoisotopic (exact) mass is 237 g/mol. The topological polar surface area (TPSA) is 40.6 Å². The fraction of sp³-hybridized carbons (Fsp3) is 0.182. The number of nitrogens with zero attached hydrogens (tertiary/aromatic N) is 1. The van der Waals surface area contributed by atoms with E-state index in [0.29, 0.717) is 23.1 Å². The molecule has 5 heteroatoms. The lowest BCUT2D eigenvalue weighted by Crippen LogP contribution is -1.91. The van der Waals surface area contributed by atoms with E-state index >= 15 is 0 Å². The molecule has 4 nitrogen and oxygen atoms in total. The molecule has 0 atom stereocenters. The van der Waals surface area contributed by atoms with E-state index in [4.69, 9.17) is 14.2 Å². The van der Waals surface area contributed by atoms with Crippen molar-refractivity contribution < 1.29 is 14.2 Å². The molecule has 0 amide bonds. The van der Waals surface area contributed by atoms with Gasteiger partial charge < -0.3 is 14.2 Å². The van der Waals surface area contributed by atoms with Crippen molar-refractivity contribution in [1.29, 1.82) is 0 Å². The van der Waals surface area contributed by atoms with Gasteiger partial charge in [0.1, 0.15) is 5.75 Å². The second-order valence-electron chi connectivity index (χ2n) is 2.95. The molecule has 1 aromatic heterocycles. The number of thiazole rings is 1. The van der Waals surface area contributed by atoms with Gasteiger partial charge in [0.2, 0.25) is 5.88 Å². The van der Waals surface area contributed by atoms with Crippen LogP contribution >= 0.6 is 11.3 Å². The first-order valence-electron chi connectivity index (χ1n) is 4.61. The van der Waals surface area contributed by atoms with Gasteiger partial charge in [0.25, 0.3) is 0 Å². The van der Waals surface area contributed by atoms with Gasteiger partial charge in [-0.05, 0) is 12.1 Å². The van der Waals surface area contributed by atoms with Crippen molar-refractivity contribution in [2.24, 2.45) is 0 Å². The Bertz CT molecular complexity index is 456. The Labute approximate surface area is 97.4 Å². The molecule has 84 valence electrons. The molecule has 2 aromatic rings. The van der Waals surface area contributed by atoms with Gasteiger partial charge in [-0.25, -0.2) is 4.98 Å². The average molecular weight is 237 g/mol. The number of aromatic nitrogens is 1. The lowest BCUT2D eigenvalue weighted by Gasteiger charge is -2.09. The molecule has 0 spiro atoms. The number of hydrogen-bond acceptors (Lipinski definition) is 5. The van der Waals surface area contributed by atoms with E-state index in [0.717, 1.165) is 0 Å². The van der Waals surface area contributed by atoms with Crippen LogP contribution in [-0.4, -0.2) is 19.2 Å². The van der Waals surface area contributed by atoms with Crippen molar-refractivity contribution in [2.45, 2.75) is 0 Å². The third kappa shape index (κ3) is 2.25. The van der Waals surface area contributed by atoms with E-state index in [9.17, 15) is 0 Å². The Morgan fingerprint density at radius 2 is 2.00 bits per heavy atom. The Morgan fingerprint density at radius 1 is 1.12 bits per heavy atom. The maximum Gasteiger partial charge on any atom is 0.230 e. The molecule has 0 aliphatic heterocycles. The molecule has 2 rings (SSSR count). The normalized spacial score (nSPS) is 9.88. The molecular weight excluding hydrogens is 226 g/mol. The van der Waals surface area contributed by atoms with Gasteiger partial charge in [0.05, 0.1) is 25.1 Å². The summed E-state index contributed by atoms with van der Waals surface area (Å²) in [6.07, 6.45) is 0. The van der Waals surface area contributed by atoms with E-state index in [1.165, 1.54) is 11.3 Å². The lowest BCUT2D eigenvalue weighted by molar-refractivity contribution is 0.367. The van der Waals surface area contributed by atoms with Crippen LogP contribution in [0.15, 0.2) is 29.1 Å². The predicted molar refractivity (Wildman–Crippen MR) is 61.7 cm³/mol. The molecule has 0 aliphatic rings. The number of benzene rings is 1. The minimum Gasteiger partial charge on any atom is -0.497 e. The largest absolute Gasteiger partial charge is 0.497 e. The third-order valence-electron chi connectivity index (χ3n) is 1.99. The summed E-state index contributed by atoms with van der Waals surface area (Å²) in [6.45, 7) is 0. The summed E-state index contributed by atoms with van der Waals surface area (Å²) in [5.41, 5.74) is 1.71. The van der Waals surface area contributed by atoms with Gasteiger partial charge in [-0.1, -0.05) is 0 Å². The summed E-state index contributed by atoms with van der Waals surface area (Å²) < 4.78 is 15.9. The van der Waals surface area contributed by atoms with Crippen LogP contribution < -0.4 is 14.2 Å². The maximum absolute atomic E-state index is 5.58. The van der Waals surface area contributed by atoms with Crippen molar-refractivity contribution in [1.82, 2.24) is 4.98 Å². The fourth-order valence-electron chi connectivity index (χ4n) is 1.23. The Morgan fingerprint density at radius 3 is 2.62 bits per heavy atom. The fourth-order valence-corrected chi connectivity index (χ4v) is 1.68. The van der Waals surface area contributed by atoms with Crippen LogP contribution in [0.4, 0.5) is 0 Å². The van der Waals surface area contributed by atoms with Crippen molar-refractivity contribution in [2.75, 3.05) is 14.2 Å². The third-order valence-corrected chi connectivity index (χ3v) is 2.56. The SMILES string of the molecule is COc1ccc(OC)c(Oc2cscn2)c1. The molecule has 16 heavy (non-hydrogen) atoms. The summed E-state index contributed by atoms with van der Waals surface area (Å²) >= 11 is 1.47. The first-order valence-corrected chi connectivity index (χ1v) is 5.56. The van der Waals surface area contributed by atoms with Crippen LogP contribution in [0.1, 0.15) is 0 Å². The second-order valence-corrected chi connectivity index (χ2v) is 3.66. The summed E-state index contributed by atoms with van der Waals surface area (Å²) in [7, 11) is 3.20. The van der Waals surface area contributed by atoms with E-state index < -0.39 is 0 Å². The minimum atomic E-state index is 0.552. The number of rotatable bonds is 4. The minimum absolute atomic E-state index is 0.552. The maximum atomic E-state index is 5.58. The van der Waals surface area contributed by atoms with Crippen LogP contribution in [0, 0.1) is 0 Å². The van der Waals surface area contributed by atoms with Gasteiger partial charge >= 0.3 is 0 Å². The molecule has 0 N–H and O–H groups in total. The molecule has 1 heterocycles. The highest BCUT2D eigenvalue weighted by Gasteiger charge is 2.08. The summed E-state index contributed by atoms with van der Waals surface area (Å²) in [5, 5.41) is 1.82. The van der Waals surface area contributed by atoms with Crippen molar-refractivity contribution in [3.8, 4) is 23.1 Å². The Hall–Kier alpha value is -1.75. The predicted octanol–water partition coefficient (Wildman–Crippen LogP) is 2.95. The molecule has 0 aliphatic carbocycles. The van der Waals surface area contributed by atoms with Crippen LogP contribution in [0.5, 0.6) is 23.1 Å². The zero-order valence-corrected chi connectivity index (χ0v) is 9.78. The van der Waals surface area contributed by atoms with Crippen LogP contribution in [0.3, 0.4) is 0 Å². The molecule has 0 saturated carbocycles. The van der Waals surface area contributed by atoms with E-state index in [2.05, 4.69) is 4.98 Å². The van der Waals surface area contributed by atoms with E-state index in [1.54, 1.807) is 31.9 Å². The Kier molecular flexibility index (Phi) is 3.26. The molecule has 0 bridgehead atoms. The van der Waals surface area contributed by atoms with Gasteiger partial charge in [0.15, 0.2) is 11.5 Å². The van der Waals surface area contributed by atoms with Crippen molar-refractivity contribution in [3.63, 3.8) is 0 Å². The van der Waals surface area contributed by atoms with E-state index in [-0.39, 0.29) is 0 Å². The number of hydrogen-bond donors (Lipinski definition) is 0. The zero-order valence-electron chi connectivity index (χ0n) is 8.97. The van der Waals surface area contributed by atoms with Gasteiger partial charge in [-0.2, -0.15) is 0 Å². The average Bonchev–Trinajstić information content (AvgIpc) is 2.82. The summed E-state index contributed by atoms with van der Waals surface area (Å²) in [5.74, 6) is 2.50. The second kappa shape index (κ2) is 4.85. The lowest BCUT2D eigenvalue weighted by atomic mass is 10.3. The number of ether oxygens (including phenoxy) is 3. The molecule has 0 saturated heterocycles. The van der Waals surface area contributed by atoms with Crippen molar-refractivity contribution in [3.05, 3.63) is 29.1 Å². The zero-order chi connectivity index (χ0) is 11.4. The van der Waals surface area contributed by atoms with E-state index in [1.807, 2.05) is 11.4 Å². The smallest absolute Gasteiger partial charge is 0.230 e. The van der Waals surface area contributed by atoms with Gasteiger partial charge in [0, 0.05) is 6.07 Å². The highest BCUT2D eigenvalue weighted by Crippen LogP contribution is 2.34. The first kappa shape index (κ1) is 10.8. The standard InChI is InChI=1S/C11H11NO3S/c1-13-8-3-4-9(14-2)10(5-8)15-11-6-16-7-12-11/h3-7H,1-2H3. The van der Waals surface area contributed by atoms with Gasteiger partial charge in [-0.15, -0.1) is 11.3 Å². The van der Waals surface area contributed by atoms with Crippen LogP contribution in [0.2, 0.25) is 0 Å².